The Morgan fingerprint density at radius 3 is 1.86 bits per heavy atom. The fourth-order valence-corrected chi connectivity index (χ4v) is 7.18. The lowest BCUT2D eigenvalue weighted by Crippen LogP contribution is -2.71. The van der Waals surface area contributed by atoms with Crippen LogP contribution in [0.5, 0.6) is 0 Å². The Balaban J connectivity index is 1.70. The Kier molecular flexibility index (Phi) is 16.8. The van der Waals surface area contributed by atoms with Gasteiger partial charge in [-0.1, -0.05) is 0 Å². The quantitative estimate of drug-likeness (QED) is 0.0680. The second kappa shape index (κ2) is 20.4. The number of carbonyl (C=O) groups is 4. The molecule has 0 unspecified atom stereocenters. The number of aliphatic carboxylic acids is 1. The van der Waals surface area contributed by atoms with E-state index in [1.807, 2.05) is 0 Å². The van der Waals surface area contributed by atoms with Gasteiger partial charge in [0, 0.05) is 27.2 Å². The molecule has 0 aliphatic carbocycles. The van der Waals surface area contributed by atoms with Gasteiger partial charge < -0.3 is 110 Å². The van der Waals surface area contributed by atoms with Crippen LogP contribution < -0.4 is 10.6 Å². The van der Waals surface area contributed by atoms with Crippen LogP contribution in [0.3, 0.4) is 0 Å². The molecule has 14 N–H and O–H groups in total. The molecule has 0 aromatic heterocycles. The highest BCUT2D eigenvalue weighted by molar-refractivity contribution is 5.76. The molecule has 4 aliphatic heterocycles. The fraction of sp³-hybridized carbons (Fsp3) is 0.879. The molecule has 0 bridgehead atoms. The maximum absolute atomic E-state index is 13.0. The minimum Gasteiger partial charge on any atom is -0.477 e. The lowest BCUT2D eigenvalue weighted by molar-refractivity contribution is -0.390. The van der Waals surface area contributed by atoms with Crippen LogP contribution in [0.2, 0.25) is 0 Å². The first-order valence-corrected chi connectivity index (χ1v) is 18.5. The lowest BCUT2D eigenvalue weighted by atomic mass is 9.88. The van der Waals surface area contributed by atoms with Crippen LogP contribution in [0, 0.1) is 0 Å². The van der Waals surface area contributed by atoms with Crippen molar-refractivity contribution in [2.24, 2.45) is 0 Å². The van der Waals surface area contributed by atoms with Gasteiger partial charge in [0.15, 0.2) is 18.9 Å². The van der Waals surface area contributed by atoms with Crippen LogP contribution >= 0.6 is 0 Å². The van der Waals surface area contributed by atoms with Crippen LogP contribution in [-0.4, -0.2) is 233 Å². The van der Waals surface area contributed by atoms with E-state index in [1.165, 1.54) is 6.92 Å². The molecule has 0 aromatic rings. The Labute approximate surface area is 335 Å². The molecule has 2 amide bonds. The number of ether oxygens (including phenoxy) is 8. The van der Waals surface area contributed by atoms with E-state index in [1.54, 1.807) is 0 Å². The van der Waals surface area contributed by atoms with Crippen molar-refractivity contribution < 1.29 is 118 Å². The Bertz CT molecular complexity index is 1450. The van der Waals surface area contributed by atoms with Gasteiger partial charge in [-0.2, -0.15) is 0 Å². The number of rotatable bonds is 15. The van der Waals surface area contributed by atoms with Gasteiger partial charge in [-0.15, -0.1) is 0 Å². The van der Waals surface area contributed by atoms with Crippen molar-refractivity contribution in [1.82, 2.24) is 10.6 Å². The number of aliphatic hydroxyl groups excluding tert-OH is 11. The maximum atomic E-state index is 13.0. The number of hydrogen-bond donors (Lipinski definition) is 14. The van der Waals surface area contributed by atoms with E-state index in [-0.39, 0.29) is 0 Å². The second-order valence-electron chi connectivity index (χ2n) is 14.6. The number of carboxylic acids is 1. The molecule has 59 heavy (non-hydrogen) atoms. The third kappa shape index (κ3) is 11.0. The molecule has 26 nitrogen and oxygen atoms in total. The van der Waals surface area contributed by atoms with Gasteiger partial charge in [0.2, 0.25) is 11.8 Å². The summed E-state index contributed by atoms with van der Waals surface area (Å²) in [7, 11) is 0. The second-order valence-corrected chi connectivity index (χ2v) is 14.6. The normalized spacial score (nSPS) is 43.8. The average Bonchev–Trinajstić information content (AvgIpc) is 3.16. The molecule has 0 radical (unpaired) electrons. The third-order valence-corrected chi connectivity index (χ3v) is 10.2. The van der Waals surface area contributed by atoms with Crippen molar-refractivity contribution in [3.63, 3.8) is 0 Å². The van der Waals surface area contributed by atoms with Crippen LogP contribution in [0.1, 0.15) is 34.1 Å². The topological polar surface area (TPSA) is 409 Å². The monoisotopic (exact) mass is 862 g/mol. The Hall–Kier alpha value is -2.84. The molecule has 4 rings (SSSR count). The first-order chi connectivity index (χ1) is 27.6. The van der Waals surface area contributed by atoms with Crippen LogP contribution in [-0.2, 0) is 57.1 Å². The van der Waals surface area contributed by atoms with Gasteiger partial charge in [-0.25, -0.2) is 4.79 Å². The number of hydrogen-bond acceptors (Lipinski definition) is 23. The van der Waals surface area contributed by atoms with Gasteiger partial charge >= 0.3 is 11.9 Å². The van der Waals surface area contributed by atoms with Gasteiger partial charge in [0.1, 0.15) is 92.0 Å². The van der Waals surface area contributed by atoms with Gasteiger partial charge in [-0.3, -0.25) is 14.4 Å². The number of carboxylic acid groups (broad SMARTS) is 1. The predicted molar refractivity (Wildman–Crippen MR) is 182 cm³/mol. The zero-order valence-electron chi connectivity index (χ0n) is 32.1. The zero-order chi connectivity index (χ0) is 44.3. The van der Waals surface area contributed by atoms with Crippen LogP contribution in [0.25, 0.3) is 0 Å². The van der Waals surface area contributed by atoms with Gasteiger partial charge in [0.05, 0.1) is 31.5 Å². The number of amides is 2. The van der Waals surface area contributed by atoms with E-state index >= 15 is 0 Å². The molecule has 0 aromatic carbocycles. The molecule has 26 heteroatoms. The Morgan fingerprint density at radius 1 is 0.729 bits per heavy atom. The lowest BCUT2D eigenvalue weighted by Gasteiger charge is -2.51. The summed E-state index contributed by atoms with van der Waals surface area (Å²) in [6.45, 7) is 1.46. The smallest absolute Gasteiger partial charge is 0.364 e. The molecule has 21 atom stereocenters. The molecule has 0 spiro atoms. The number of esters is 1. The van der Waals surface area contributed by atoms with E-state index in [2.05, 4.69) is 10.6 Å². The van der Waals surface area contributed by atoms with E-state index in [4.69, 9.17) is 37.9 Å². The zero-order valence-corrected chi connectivity index (χ0v) is 32.1. The molecular weight excluding hydrogens is 808 g/mol. The van der Waals surface area contributed by atoms with Crippen LogP contribution in [0.15, 0.2) is 0 Å². The maximum Gasteiger partial charge on any atom is 0.364 e. The summed E-state index contributed by atoms with van der Waals surface area (Å²) in [6, 6.07) is -3.27. The van der Waals surface area contributed by atoms with E-state index < -0.39 is 178 Å². The fourth-order valence-electron chi connectivity index (χ4n) is 7.18. The largest absolute Gasteiger partial charge is 0.477 e. The minimum atomic E-state index is -3.15. The van der Waals surface area contributed by atoms with Crippen molar-refractivity contribution in [1.29, 1.82) is 0 Å². The highest BCUT2D eigenvalue weighted by Gasteiger charge is 2.60. The third-order valence-electron chi connectivity index (χ3n) is 10.2. The number of aliphatic hydroxyl groups is 11. The standard InChI is InChI=1S/C33H54N2O24/c1-9-19(43)22(46)23(47)30(53-9)57-27-18(35-11(3)39)29(49)54-16(7-37)25(27)56-31-24(48)28(21(45)15(6-36)55-31)59-33(32(50)51)5-13(41)17(34-10(2)38)26(58-33)20(44)14(42)8-52-12(4)40/h9,13-31,36-37,41-49H,5-8H2,1-4H3,(H,34,38)(H,35,39)(H,50,51)/t9-,13-,14+,15+,16+,17+,18+,19+,20+,21-,22+,23-,24+,25+,26+,27+,28-,29+,30-,31-,33-/m0/s1. The molecule has 340 valence electrons. The van der Waals surface area contributed by atoms with E-state index in [9.17, 15) is 80.5 Å². The summed E-state index contributed by atoms with van der Waals surface area (Å²) in [4.78, 5) is 48.6. The SMILES string of the molecule is CC(=O)N[C@@H]1[C@@H](O[C@@H]2O[C@@H](C)[C@@H](O)[C@@H](O)[C@@H]2O)[C@H](O[C@@H]2O[C@H](CO)[C@H](O)[C@H](O[C@]3(C(=O)O)C[C@H](O)[C@@H](NC(C)=O)[C@H]([C@H](O)[C@H](O)COC(C)=O)O3)[C@H]2O)[C@@H](CO)O[C@H]1O. The predicted octanol–water partition coefficient (Wildman–Crippen LogP) is -8.66. The molecule has 4 saturated heterocycles. The number of nitrogens with one attached hydrogen (secondary N) is 2. The minimum absolute atomic E-state index is 0.774. The Morgan fingerprint density at radius 2 is 1.31 bits per heavy atom. The average molecular weight is 863 g/mol. The summed E-state index contributed by atoms with van der Waals surface area (Å²) in [5.41, 5.74) is 0. The summed E-state index contributed by atoms with van der Waals surface area (Å²) in [6.07, 6.45) is -35.5. The van der Waals surface area contributed by atoms with Crippen molar-refractivity contribution in [2.45, 2.75) is 162 Å². The highest BCUT2D eigenvalue weighted by atomic mass is 16.8. The molecule has 4 fully saturated rings. The first kappa shape index (κ1) is 48.8. The number of carbonyl (C=O) groups excluding carboxylic acids is 3. The molecule has 4 heterocycles. The summed E-state index contributed by atoms with van der Waals surface area (Å²) in [5.74, 6) is -7.64. The van der Waals surface area contributed by atoms with E-state index in [0.717, 1.165) is 20.8 Å². The molecule has 0 saturated carbocycles. The van der Waals surface area contributed by atoms with Crippen molar-refractivity contribution in [3.05, 3.63) is 0 Å². The summed E-state index contributed by atoms with van der Waals surface area (Å²) < 4.78 is 44.5. The van der Waals surface area contributed by atoms with Gasteiger partial charge in [-0.05, 0) is 6.92 Å². The summed E-state index contributed by atoms with van der Waals surface area (Å²) >= 11 is 0. The molecule has 4 aliphatic rings. The van der Waals surface area contributed by atoms with Crippen LogP contribution in [0.4, 0.5) is 0 Å². The highest BCUT2D eigenvalue weighted by Crippen LogP contribution is 2.39. The van der Waals surface area contributed by atoms with Crippen molar-refractivity contribution >= 4 is 23.8 Å². The van der Waals surface area contributed by atoms with Gasteiger partial charge in [0.25, 0.3) is 5.79 Å². The van der Waals surface area contributed by atoms with Crippen molar-refractivity contribution in [2.75, 3.05) is 19.8 Å². The van der Waals surface area contributed by atoms with E-state index in [0.29, 0.717) is 0 Å². The molecular formula is C33H54N2O24. The van der Waals surface area contributed by atoms with Crippen molar-refractivity contribution in [3.8, 4) is 0 Å². The first-order valence-electron chi connectivity index (χ1n) is 18.5. The summed E-state index contributed by atoms with van der Waals surface area (Å²) in [5, 5.41) is 133.